The van der Waals surface area contributed by atoms with Crippen molar-refractivity contribution in [3.8, 4) is 5.88 Å². The molecular weight excluding hydrogens is 320 g/mol. The van der Waals surface area contributed by atoms with Gasteiger partial charge in [0.05, 0.1) is 5.52 Å². The van der Waals surface area contributed by atoms with Crippen LogP contribution in [0.25, 0.3) is 10.9 Å². The van der Waals surface area contributed by atoms with E-state index in [0.29, 0.717) is 5.69 Å². The molecule has 0 unspecified atom stereocenters. The number of fused-ring (bicyclic) bond motifs is 1. The van der Waals surface area contributed by atoms with Gasteiger partial charge in [0, 0.05) is 11.1 Å². The molecule has 0 aliphatic carbocycles. The lowest BCUT2D eigenvalue weighted by Crippen LogP contribution is -2.07. The molecule has 0 radical (unpaired) electrons. The lowest BCUT2D eigenvalue weighted by atomic mass is 10.1. The zero-order chi connectivity index (χ0) is 17.3. The smallest absolute Gasteiger partial charge is 0.218 e. The van der Waals surface area contributed by atoms with Crippen molar-refractivity contribution in [2.75, 3.05) is 5.32 Å². The van der Waals surface area contributed by atoms with Crippen molar-refractivity contribution in [1.29, 1.82) is 0 Å². The predicted molar refractivity (Wildman–Crippen MR) is 101 cm³/mol. The number of aromatic hydroxyl groups is 1. The number of hydrogen-bond acceptors (Lipinski definition) is 3. The molecule has 0 amide bonds. The van der Waals surface area contributed by atoms with E-state index in [2.05, 4.69) is 20.5 Å². The first-order chi connectivity index (χ1) is 11.5. The number of H-pyrrole nitrogens is 1. The van der Waals surface area contributed by atoms with Crippen LogP contribution in [0.5, 0.6) is 5.88 Å². The second-order valence-corrected chi connectivity index (χ2v) is 6.10. The van der Waals surface area contributed by atoms with Gasteiger partial charge >= 0.3 is 0 Å². The number of azo groups is 1. The highest BCUT2D eigenvalue weighted by Gasteiger charge is 2.12. The summed E-state index contributed by atoms with van der Waals surface area (Å²) < 4.78 is 0. The minimum atomic E-state index is -0.0158. The van der Waals surface area contributed by atoms with Crippen LogP contribution in [0, 0.1) is 20.8 Å². The van der Waals surface area contributed by atoms with Crippen molar-refractivity contribution in [2.45, 2.75) is 20.8 Å². The first kappa shape index (κ1) is 16.1. The van der Waals surface area contributed by atoms with Crippen LogP contribution in [0.15, 0.2) is 46.6 Å². The van der Waals surface area contributed by atoms with Crippen molar-refractivity contribution >= 4 is 39.6 Å². The van der Waals surface area contributed by atoms with E-state index in [1.807, 2.05) is 57.2 Å². The highest BCUT2D eigenvalue weighted by molar-refractivity contribution is 7.80. The molecule has 0 aliphatic rings. The molecule has 0 saturated carbocycles. The second-order valence-electron chi connectivity index (χ2n) is 5.72. The summed E-state index contributed by atoms with van der Waals surface area (Å²) in [6, 6.07) is 11.8. The monoisotopic (exact) mass is 338 g/mol. The van der Waals surface area contributed by atoms with Crippen LogP contribution >= 0.6 is 12.2 Å². The molecule has 2 aromatic carbocycles. The molecule has 1 heterocycles. The number of nitrogens with one attached hydrogen (secondary N) is 2. The van der Waals surface area contributed by atoms with Gasteiger partial charge in [-0.3, -0.25) is 0 Å². The van der Waals surface area contributed by atoms with E-state index in [1.165, 1.54) is 0 Å². The number of benzene rings is 2. The molecule has 24 heavy (non-hydrogen) atoms. The van der Waals surface area contributed by atoms with Crippen molar-refractivity contribution in [2.24, 2.45) is 10.2 Å². The number of para-hydroxylation sites is 2. The summed E-state index contributed by atoms with van der Waals surface area (Å²) in [5.41, 5.74) is 5.36. The Morgan fingerprint density at radius 2 is 1.67 bits per heavy atom. The van der Waals surface area contributed by atoms with Gasteiger partial charge in [0.15, 0.2) is 5.69 Å². The van der Waals surface area contributed by atoms with Crippen LogP contribution in [0.4, 0.5) is 11.4 Å². The molecule has 3 aromatic rings. The third kappa shape index (κ3) is 3.00. The summed E-state index contributed by atoms with van der Waals surface area (Å²) in [6.45, 7) is 5.97. The zero-order valence-electron chi connectivity index (χ0n) is 13.7. The molecule has 0 atom stereocenters. The fourth-order valence-electron chi connectivity index (χ4n) is 2.68. The number of aromatic nitrogens is 1. The highest BCUT2D eigenvalue weighted by Crippen LogP contribution is 2.36. The number of thiocarbonyl (C=S) groups is 1. The molecule has 0 fully saturated rings. The average molecular weight is 338 g/mol. The SMILES string of the molecule is Cc1cccc(C)c1NC(=S)N=Nc1c(O)[nH]c2c(C)cccc12. The molecule has 3 N–H and O–H groups in total. The van der Waals surface area contributed by atoms with Crippen molar-refractivity contribution in [3.63, 3.8) is 0 Å². The van der Waals surface area contributed by atoms with Gasteiger partial charge in [-0.2, -0.15) is 0 Å². The van der Waals surface area contributed by atoms with E-state index in [0.717, 1.165) is 33.3 Å². The van der Waals surface area contributed by atoms with E-state index >= 15 is 0 Å². The minimum absolute atomic E-state index is 0.0158. The summed E-state index contributed by atoms with van der Waals surface area (Å²) in [5, 5.41) is 22.4. The third-order valence-electron chi connectivity index (χ3n) is 3.95. The van der Waals surface area contributed by atoms with Gasteiger partial charge in [0.25, 0.3) is 0 Å². The van der Waals surface area contributed by atoms with Crippen LogP contribution in [0.2, 0.25) is 0 Å². The molecule has 6 heteroatoms. The van der Waals surface area contributed by atoms with E-state index in [-0.39, 0.29) is 11.0 Å². The van der Waals surface area contributed by atoms with Crippen molar-refractivity contribution in [3.05, 3.63) is 53.1 Å². The molecular formula is C18H18N4OS. The van der Waals surface area contributed by atoms with Gasteiger partial charge in [0.2, 0.25) is 11.0 Å². The Hall–Kier alpha value is -2.73. The largest absolute Gasteiger partial charge is 0.493 e. The summed E-state index contributed by atoms with van der Waals surface area (Å²) in [5.74, 6) is -0.0158. The predicted octanol–water partition coefficient (Wildman–Crippen LogP) is 5.28. The van der Waals surface area contributed by atoms with Gasteiger partial charge < -0.3 is 15.4 Å². The topological polar surface area (TPSA) is 72.8 Å². The Morgan fingerprint density at radius 3 is 2.38 bits per heavy atom. The first-order valence-corrected chi connectivity index (χ1v) is 7.97. The number of rotatable bonds is 2. The Balaban J connectivity index is 1.87. The standard InChI is InChI=1S/C18H18N4OS/c1-10-6-4-7-11(2)14(10)20-18(24)22-21-16-13-9-5-8-12(3)15(13)19-17(16)23/h4-9,19,23H,1-3H3,(H,20,24). The normalized spacial score (nSPS) is 11.3. The first-order valence-electron chi connectivity index (χ1n) is 7.56. The molecule has 0 bridgehead atoms. The lowest BCUT2D eigenvalue weighted by molar-refractivity contribution is 0.459. The van der Waals surface area contributed by atoms with E-state index < -0.39 is 0 Å². The molecule has 1 aromatic heterocycles. The number of aryl methyl sites for hydroxylation is 3. The Bertz CT molecular complexity index is 939. The average Bonchev–Trinajstić information content (AvgIpc) is 2.86. The maximum Gasteiger partial charge on any atom is 0.218 e. The lowest BCUT2D eigenvalue weighted by Gasteiger charge is -2.10. The number of anilines is 1. The zero-order valence-corrected chi connectivity index (χ0v) is 14.5. The van der Waals surface area contributed by atoms with E-state index in [1.54, 1.807) is 0 Å². The minimum Gasteiger partial charge on any atom is -0.493 e. The summed E-state index contributed by atoms with van der Waals surface area (Å²) in [4.78, 5) is 2.93. The Labute approximate surface area is 145 Å². The second kappa shape index (κ2) is 6.41. The Kier molecular flexibility index (Phi) is 4.31. The van der Waals surface area contributed by atoms with Crippen LogP contribution in [0.3, 0.4) is 0 Å². The van der Waals surface area contributed by atoms with Crippen LogP contribution < -0.4 is 5.32 Å². The van der Waals surface area contributed by atoms with Gasteiger partial charge in [-0.05, 0) is 49.7 Å². The summed E-state index contributed by atoms with van der Waals surface area (Å²) in [7, 11) is 0. The summed E-state index contributed by atoms with van der Waals surface area (Å²) in [6.07, 6.45) is 0. The fourth-order valence-corrected chi connectivity index (χ4v) is 2.82. The van der Waals surface area contributed by atoms with Crippen LogP contribution in [-0.4, -0.2) is 15.2 Å². The summed E-state index contributed by atoms with van der Waals surface area (Å²) >= 11 is 5.26. The highest BCUT2D eigenvalue weighted by atomic mass is 32.1. The molecule has 0 spiro atoms. The third-order valence-corrected chi connectivity index (χ3v) is 4.13. The number of nitrogens with zero attached hydrogens (tertiary/aromatic N) is 2. The van der Waals surface area contributed by atoms with Gasteiger partial charge in [-0.15, -0.1) is 10.2 Å². The quantitative estimate of drug-likeness (QED) is 0.440. The fraction of sp³-hybridized carbons (Fsp3) is 0.167. The molecule has 122 valence electrons. The van der Waals surface area contributed by atoms with Gasteiger partial charge in [-0.1, -0.05) is 36.4 Å². The van der Waals surface area contributed by atoms with E-state index in [4.69, 9.17) is 12.2 Å². The number of hydrogen-bond donors (Lipinski definition) is 3. The maximum absolute atomic E-state index is 10.1. The Morgan fingerprint density at radius 1 is 1.04 bits per heavy atom. The van der Waals surface area contributed by atoms with Crippen LogP contribution in [-0.2, 0) is 0 Å². The maximum atomic E-state index is 10.1. The number of aromatic amines is 1. The van der Waals surface area contributed by atoms with E-state index in [9.17, 15) is 5.11 Å². The van der Waals surface area contributed by atoms with Crippen molar-refractivity contribution in [1.82, 2.24) is 4.98 Å². The molecule has 5 nitrogen and oxygen atoms in total. The van der Waals surface area contributed by atoms with Crippen molar-refractivity contribution < 1.29 is 5.11 Å². The van der Waals surface area contributed by atoms with Crippen LogP contribution in [0.1, 0.15) is 16.7 Å². The van der Waals surface area contributed by atoms with Gasteiger partial charge in [-0.25, -0.2) is 0 Å². The van der Waals surface area contributed by atoms with Gasteiger partial charge in [0.1, 0.15) is 0 Å². The molecule has 0 saturated heterocycles. The molecule has 0 aliphatic heterocycles. The molecule has 3 rings (SSSR count).